The van der Waals surface area contributed by atoms with Crippen LogP contribution in [0.5, 0.6) is 11.5 Å². The summed E-state index contributed by atoms with van der Waals surface area (Å²) in [5.41, 5.74) is 0. The molecule has 1 aromatic rings. The molecule has 1 rings (SSSR count). The van der Waals surface area contributed by atoms with Gasteiger partial charge in [-0.15, -0.1) is 0 Å². The number of hydrogen-bond acceptors (Lipinski definition) is 5. The lowest BCUT2D eigenvalue weighted by Gasteiger charge is -2.15. The topological polar surface area (TPSA) is 79.8 Å². The molecule has 0 bridgehead atoms. The molecule has 0 fully saturated rings. The highest BCUT2D eigenvalue weighted by atomic mass is 16.5. The Bertz CT molecular complexity index is 368. The summed E-state index contributed by atoms with van der Waals surface area (Å²) >= 11 is 0. The number of carbonyl (C=O) groups is 1. The molecule has 0 aliphatic rings. The molecule has 1 amide bonds. The zero-order chi connectivity index (χ0) is 16.1. The normalized spacial score (nSPS) is 11.1. The van der Waals surface area contributed by atoms with E-state index >= 15 is 0 Å². The second-order valence-electron chi connectivity index (χ2n) is 4.61. The summed E-state index contributed by atoms with van der Waals surface area (Å²) in [6, 6.07) is 7.66. The van der Waals surface area contributed by atoms with Gasteiger partial charge in [0.2, 0.25) is 6.41 Å². The van der Waals surface area contributed by atoms with Gasteiger partial charge in [-0.1, -0.05) is 13.8 Å². The quantitative estimate of drug-likeness (QED) is 0.619. The Kier molecular flexibility index (Phi) is 11.0. The fourth-order valence-electron chi connectivity index (χ4n) is 1.30. The molecule has 1 aromatic carbocycles. The van der Waals surface area contributed by atoms with E-state index in [9.17, 15) is 5.11 Å². The Morgan fingerprint density at radius 2 is 1.76 bits per heavy atom. The Hall–Kier alpha value is -1.79. The molecule has 0 aliphatic heterocycles. The zero-order valence-electron chi connectivity index (χ0n) is 13.1. The van der Waals surface area contributed by atoms with E-state index in [-0.39, 0.29) is 6.61 Å². The van der Waals surface area contributed by atoms with Crippen LogP contribution in [0.2, 0.25) is 0 Å². The Labute approximate surface area is 126 Å². The van der Waals surface area contributed by atoms with E-state index in [1.54, 1.807) is 14.2 Å². The molecule has 0 spiro atoms. The molecule has 0 radical (unpaired) electrons. The number of ether oxygens (including phenoxy) is 2. The minimum absolute atomic E-state index is 0.284. The predicted molar refractivity (Wildman–Crippen MR) is 82.8 cm³/mol. The van der Waals surface area contributed by atoms with Crippen molar-refractivity contribution in [3.8, 4) is 11.5 Å². The summed E-state index contributed by atoms with van der Waals surface area (Å²) in [4.78, 5) is 9.06. The van der Waals surface area contributed by atoms with Crippen molar-refractivity contribution in [3.05, 3.63) is 24.3 Å². The van der Waals surface area contributed by atoms with Crippen molar-refractivity contribution in [1.29, 1.82) is 0 Å². The van der Waals surface area contributed by atoms with E-state index < -0.39 is 6.10 Å². The first-order chi connectivity index (χ1) is 10.0. The van der Waals surface area contributed by atoms with Gasteiger partial charge in [0.15, 0.2) is 0 Å². The van der Waals surface area contributed by atoms with E-state index in [4.69, 9.17) is 14.3 Å². The van der Waals surface area contributed by atoms with Crippen LogP contribution < -0.4 is 20.1 Å². The Morgan fingerprint density at radius 1 is 1.24 bits per heavy atom. The Morgan fingerprint density at radius 3 is 2.19 bits per heavy atom. The number of aliphatic hydroxyl groups is 1. The van der Waals surface area contributed by atoms with Crippen LogP contribution in [0.4, 0.5) is 0 Å². The highest BCUT2D eigenvalue weighted by molar-refractivity contribution is 5.44. The standard InChI is InChI=1S/C13H21NO3.C2H5NO/c1-10(2)14-8-11(15)9-17-13-6-4-12(16-3)5-7-13;1-3-2-4/h4-7,10-11,14-15H,8-9H2,1-3H3;2H,1H3,(H,3,4). The van der Waals surface area contributed by atoms with Crippen molar-refractivity contribution < 1.29 is 19.4 Å². The van der Waals surface area contributed by atoms with E-state index in [2.05, 4.69) is 10.6 Å². The van der Waals surface area contributed by atoms with Gasteiger partial charge < -0.3 is 25.2 Å². The van der Waals surface area contributed by atoms with Crippen LogP contribution in [0, 0.1) is 0 Å². The fourth-order valence-corrected chi connectivity index (χ4v) is 1.30. The summed E-state index contributed by atoms with van der Waals surface area (Å²) in [6.07, 6.45) is 0.125. The first kappa shape index (κ1) is 19.2. The lowest BCUT2D eigenvalue weighted by molar-refractivity contribution is -0.109. The van der Waals surface area contributed by atoms with Crippen LogP contribution in [0.15, 0.2) is 24.3 Å². The SMILES string of the molecule is CNC=O.COc1ccc(OCC(O)CNC(C)C)cc1. The van der Waals surface area contributed by atoms with Gasteiger partial charge >= 0.3 is 0 Å². The lowest BCUT2D eigenvalue weighted by Crippen LogP contribution is -2.35. The summed E-state index contributed by atoms with van der Waals surface area (Å²) in [5, 5.41) is 15.0. The maximum absolute atomic E-state index is 9.65. The summed E-state index contributed by atoms with van der Waals surface area (Å²) in [6.45, 7) is 4.90. The van der Waals surface area contributed by atoms with Gasteiger partial charge in [0.05, 0.1) is 7.11 Å². The number of nitrogens with one attached hydrogen (secondary N) is 2. The third-order valence-electron chi connectivity index (χ3n) is 2.38. The number of hydrogen-bond donors (Lipinski definition) is 3. The highest BCUT2D eigenvalue weighted by Gasteiger charge is 2.05. The molecule has 1 unspecified atom stereocenters. The van der Waals surface area contributed by atoms with Gasteiger partial charge in [-0.2, -0.15) is 0 Å². The summed E-state index contributed by atoms with van der Waals surface area (Å²) in [5.74, 6) is 1.52. The van der Waals surface area contributed by atoms with E-state index in [0.717, 1.165) is 11.5 Å². The molecule has 6 heteroatoms. The molecule has 6 nitrogen and oxygen atoms in total. The smallest absolute Gasteiger partial charge is 0.206 e. The molecular formula is C15H26N2O4. The number of carbonyl (C=O) groups excluding carboxylic acids is 1. The van der Waals surface area contributed by atoms with Crippen molar-refractivity contribution in [2.75, 3.05) is 27.3 Å². The maximum atomic E-state index is 9.65. The van der Waals surface area contributed by atoms with Gasteiger partial charge in [-0.05, 0) is 24.3 Å². The molecule has 3 N–H and O–H groups in total. The molecule has 0 heterocycles. The van der Waals surface area contributed by atoms with Crippen LogP contribution in [-0.2, 0) is 4.79 Å². The first-order valence-corrected chi connectivity index (χ1v) is 6.82. The highest BCUT2D eigenvalue weighted by Crippen LogP contribution is 2.16. The molecule has 120 valence electrons. The first-order valence-electron chi connectivity index (χ1n) is 6.82. The molecule has 0 aromatic heterocycles. The minimum atomic E-state index is -0.500. The maximum Gasteiger partial charge on any atom is 0.206 e. The Balaban J connectivity index is 0.000000885. The molecule has 0 saturated carbocycles. The molecule has 0 saturated heterocycles. The number of methoxy groups -OCH3 is 1. The van der Waals surface area contributed by atoms with E-state index in [1.807, 2.05) is 38.1 Å². The van der Waals surface area contributed by atoms with Gasteiger partial charge in [0, 0.05) is 19.6 Å². The fraction of sp³-hybridized carbons (Fsp3) is 0.533. The third kappa shape index (κ3) is 10.6. The van der Waals surface area contributed by atoms with Gasteiger partial charge in [-0.25, -0.2) is 0 Å². The number of rotatable bonds is 8. The largest absolute Gasteiger partial charge is 0.497 e. The van der Waals surface area contributed by atoms with Gasteiger partial charge in [0.1, 0.15) is 24.2 Å². The number of amides is 1. The monoisotopic (exact) mass is 298 g/mol. The zero-order valence-corrected chi connectivity index (χ0v) is 13.1. The second-order valence-corrected chi connectivity index (χ2v) is 4.61. The minimum Gasteiger partial charge on any atom is -0.497 e. The molecular weight excluding hydrogens is 272 g/mol. The molecule has 0 aliphatic carbocycles. The molecule has 21 heavy (non-hydrogen) atoms. The van der Waals surface area contributed by atoms with Crippen LogP contribution in [0.3, 0.4) is 0 Å². The van der Waals surface area contributed by atoms with Gasteiger partial charge in [-0.3, -0.25) is 4.79 Å². The van der Waals surface area contributed by atoms with Crippen molar-refractivity contribution in [1.82, 2.24) is 10.6 Å². The average molecular weight is 298 g/mol. The lowest BCUT2D eigenvalue weighted by atomic mass is 10.3. The summed E-state index contributed by atoms with van der Waals surface area (Å²) in [7, 11) is 3.18. The van der Waals surface area contributed by atoms with E-state index in [1.165, 1.54) is 0 Å². The van der Waals surface area contributed by atoms with Crippen molar-refractivity contribution in [2.24, 2.45) is 0 Å². The van der Waals surface area contributed by atoms with Crippen LogP contribution >= 0.6 is 0 Å². The predicted octanol–water partition coefficient (Wildman–Crippen LogP) is 0.795. The van der Waals surface area contributed by atoms with Crippen molar-refractivity contribution >= 4 is 6.41 Å². The number of aliphatic hydroxyl groups excluding tert-OH is 1. The summed E-state index contributed by atoms with van der Waals surface area (Å²) < 4.78 is 10.5. The van der Waals surface area contributed by atoms with Crippen LogP contribution in [-0.4, -0.2) is 51.0 Å². The third-order valence-corrected chi connectivity index (χ3v) is 2.38. The van der Waals surface area contributed by atoms with Crippen molar-refractivity contribution in [2.45, 2.75) is 26.0 Å². The molecule has 1 atom stereocenters. The van der Waals surface area contributed by atoms with Crippen LogP contribution in [0.25, 0.3) is 0 Å². The van der Waals surface area contributed by atoms with E-state index in [0.29, 0.717) is 19.0 Å². The van der Waals surface area contributed by atoms with Crippen LogP contribution in [0.1, 0.15) is 13.8 Å². The van der Waals surface area contributed by atoms with Gasteiger partial charge in [0.25, 0.3) is 0 Å². The number of benzene rings is 1. The average Bonchev–Trinajstić information content (AvgIpc) is 2.51. The second kappa shape index (κ2) is 12.0. The van der Waals surface area contributed by atoms with Crippen molar-refractivity contribution in [3.63, 3.8) is 0 Å².